The van der Waals surface area contributed by atoms with E-state index in [0.29, 0.717) is 31.7 Å². The summed E-state index contributed by atoms with van der Waals surface area (Å²) in [6, 6.07) is 2.73. The number of anilines is 2. The van der Waals surface area contributed by atoms with Crippen LogP contribution in [-0.2, 0) is 6.18 Å². The predicted molar refractivity (Wildman–Crippen MR) is 133 cm³/mol. The Hall–Kier alpha value is -3.15. The van der Waals surface area contributed by atoms with Crippen LogP contribution in [-0.4, -0.2) is 70.5 Å². The number of alkyl halides is 3. The molecule has 2 aliphatic rings. The van der Waals surface area contributed by atoms with Crippen molar-refractivity contribution in [2.24, 2.45) is 0 Å². The van der Waals surface area contributed by atoms with Crippen LogP contribution < -0.4 is 15.0 Å². The second-order valence-corrected chi connectivity index (χ2v) is 9.70. The van der Waals surface area contributed by atoms with Crippen LogP contribution in [0.2, 0.25) is 0 Å². The molecule has 0 aromatic carbocycles. The number of piperazine rings is 1. The van der Waals surface area contributed by atoms with Crippen molar-refractivity contribution >= 4 is 22.5 Å². The highest BCUT2D eigenvalue weighted by molar-refractivity contribution is 5.91. The van der Waals surface area contributed by atoms with E-state index in [1.165, 1.54) is 0 Å². The maximum atomic E-state index is 14.4. The standard InChI is InChI=1S/C25H31F4N7O/c1-3-30-21-14-20-18(15-32-21)23(35-12-10-34(2)11-13-35)33-36(20)16-4-6-17(7-5-16)37-24-22(26)19(8-9-31-24)25(27,28)29/h8-9,14-17H,3-7,10-13H2,1-2H3,(H,30,32). The number of rotatable bonds is 6. The summed E-state index contributed by atoms with van der Waals surface area (Å²) in [5.41, 5.74) is -0.370. The molecule has 0 radical (unpaired) electrons. The Labute approximate surface area is 212 Å². The van der Waals surface area contributed by atoms with E-state index in [0.717, 1.165) is 61.5 Å². The summed E-state index contributed by atoms with van der Waals surface area (Å²) in [5.74, 6) is -0.353. The molecule has 2 fully saturated rings. The Morgan fingerprint density at radius 3 is 2.49 bits per heavy atom. The molecule has 3 aromatic rings. The molecule has 1 N–H and O–H groups in total. The molecule has 3 aromatic heterocycles. The number of halogens is 4. The van der Waals surface area contributed by atoms with Crippen molar-refractivity contribution in [1.82, 2.24) is 24.6 Å². The van der Waals surface area contributed by atoms with E-state index in [4.69, 9.17) is 9.84 Å². The van der Waals surface area contributed by atoms with Crippen LogP contribution in [0.4, 0.5) is 29.2 Å². The fraction of sp³-hybridized carbons (Fsp3) is 0.560. The van der Waals surface area contributed by atoms with Crippen LogP contribution in [0.1, 0.15) is 44.2 Å². The molecule has 1 aliphatic heterocycles. The quantitative estimate of drug-likeness (QED) is 0.471. The van der Waals surface area contributed by atoms with E-state index in [1.54, 1.807) is 0 Å². The number of fused-ring (bicyclic) bond motifs is 1. The molecule has 0 spiro atoms. The van der Waals surface area contributed by atoms with Crippen LogP contribution in [0.25, 0.3) is 10.9 Å². The van der Waals surface area contributed by atoms with Gasteiger partial charge in [0.05, 0.1) is 22.5 Å². The van der Waals surface area contributed by atoms with Gasteiger partial charge in [0.1, 0.15) is 11.9 Å². The second kappa shape index (κ2) is 10.3. The van der Waals surface area contributed by atoms with Gasteiger partial charge in [0.2, 0.25) is 0 Å². The molecule has 1 saturated heterocycles. The van der Waals surface area contributed by atoms with Gasteiger partial charge in [0.15, 0.2) is 11.6 Å². The predicted octanol–water partition coefficient (Wildman–Crippen LogP) is 4.73. The topological polar surface area (TPSA) is 71.3 Å². The normalized spacial score (nSPS) is 21.4. The molecular weight excluding hydrogens is 490 g/mol. The minimum absolute atomic E-state index is 0.0831. The maximum absolute atomic E-state index is 14.4. The molecule has 12 heteroatoms. The average molecular weight is 522 g/mol. The molecule has 1 aliphatic carbocycles. The van der Waals surface area contributed by atoms with Crippen LogP contribution >= 0.6 is 0 Å². The largest absolute Gasteiger partial charge is 0.472 e. The van der Waals surface area contributed by atoms with Crippen molar-refractivity contribution < 1.29 is 22.3 Å². The Balaban J connectivity index is 1.35. The molecule has 4 heterocycles. The van der Waals surface area contributed by atoms with Crippen molar-refractivity contribution in [3.05, 3.63) is 35.9 Å². The van der Waals surface area contributed by atoms with Crippen LogP contribution in [0.3, 0.4) is 0 Å². The first kappa shape index (κ1) is 25.5. The lowest BCUT2D eigenvalue weighted by Crippen LogP contribution is -2.44. The van der Waals surface area contributed by atoms with Gasteiger partial charge in [-0.3, -0.25) is 4.68 Å². The van der Waals surface area contributed by atoms with E-state index in [2.05, 4.69) is 36.8 Å². The molecular formula is C25H31F4N7O. The number of hydrogen-bond acceptors (Lipinski definition) is 7. The zero-order chi connectivity index (χ0) is 26.2. The minimum atomic E-state index is -4.80. The van der Waals surface area contributed by atoms with Gasteiger partial charge >= 0.3 is 6.18 Å². The molecule has 8 nitrogen and oxygen atoms in total. The van der Waals surface area contributed by atoms with E-state index in [-0.39, 0.29) is 6.04 Å². The van der Waals surface area contributed by atoms with E-state index in [9.17, 15) is 17.6 Å². The van der Waals surface area contributed by atoms with Crippen molar-refractivity contribution in [3.8, 4) is 5.88 Å². The molecule has 200 valence electrons. The lowest BCUT2D eigenvalue weighted by molar-refractivity contribution is -0.140. The Morgan fingerprint density at radius 2 is 1.81 bits per heavy atom. The number of likely N-dealkylation sites (N-methyl/N-ethyl adjacent to an activating group) is 1. The summed E-state index contributed by atoms with van der Waals surface area (Å²) in [7, 11) is 2.11. The maximum Gasteiger partial charge on any atom is 0.419 e. The van der Waals surface area contributed by atoms with Crippen molar-refractivity contribution in [1.29, 1.82) is 0 Å². The van der Waals surface area contributed by atoms with Gasteiger partial charge in [-0.05, 0) is 45.7 Å². The number of hydrogen-bond donors (Lipinski definition) is 1. The van der Waals surface area contributed by atoms with E-state index < -0.39 is 29.5 Å². The first-order valence-corrected chi connectivity index (χ1v) is 12.7. The third-order valence-corrected chi connectivity index (χ3v) is 7.16. The number of ether oxygens (including phenoxy) is 1. The van der Waals surface area contributed by atoms with Crippen molar-refractivity contribution in [2.45, 2.75) is 50.9 Å². The van der Waals surface area contributed by atoms with Gasteiger partial charge in [-0.15, -0.1) is 0 Å². The monoisotopic (exact) mass is 521 g/mol. The smallest absolute Gasteiger partial charge is 0.419 e. The zero-order valence-electron chi connectivity index (χ0n) is 20.9. The molecule has 0 unspecified atom stereocenters. The highest BCUT2D eigenvalue weighted by Crippen LogP contribution is 2.38. The van der Waals surface area contributed by atoms with Crippen molar-refractivity contribution in [2.75, 3.05) is 50.0 Å². The summed E-state index contributed by atoms with van der Waals surface area (Å²) in [6.07, 6.45) is 0.0915. The van der Waals surface area contributed by atoms with Gasteiger partial charge in [-0.1, -0.05) is 0 Å². The summed E-state index contributed by atoms with van der Waals surface area (Å²) in [5, 5.41) is 9.31. The average Bonchev–Trinajstić information content (AvgIpc) is 3.24. The first-order valence-electron chi connectivity index (χ1n) is 12.7. The lowest BCUT2D eigenvalue weighted by atomic mass is 9.93. The number of aromatic nitrogens is 4. The van der Waals surface area contributed by atoms with Crippen LogP contribution in [0, 0.1) is 5.82 Å². The second-order valence-electron chi connectivity index (χ2n) is 9.70. The van der Waals surface area contributed by atoms with Crippen LogP contribution in [0.5, 0.6) is 5.88 Å². The fourth-order valence-electron chi connectivity index (χ4n) is 5.12. The summed E-state index contributed by atoms with van der Waals surface area (Å²) in [4.78, 5) is 12.9. The first-order chi connectivity index (χ1) is 17.7. The molecule has 5 rings (SSSR count). The zero-order valence-corrected chi connectivity index (χ0v) is 20.9. The van der Waals surface area contributed by atoms with Crippen LogP contribution in [0.15, 0.2) is 24.5 Å². The number of pyridine rings is 2. The molecule has 1 saturated carbocycles. The third kappa shape index (κ3) is 5.29. The van der Waals surface area contributed by atoms with Gasteiger partial charge in [0, 0.05) is 51.2 Å². The summed E-state index contributed by atoms with van der Waals surface area (Å²) in [6.45, 7) is 6.45. The lowest BCUT2D eigenvalue weighted by Gasteiger charge is -2.33. The highest BCUT2D eigenvalue weighted by atomic mass is 19.4. The Morgan fingerprint density at radius 1 is 1.08 bits per heavy atom. The van der Waals surface area contributed by atoms with E-state index >= 15 is 0 Å². The summed E-state index contributed by atoms with van der Waals surface area (Å²) >= 11 is 0. The highest BCUT2D eigenvalue weighted by Gasteiger charge is 2.36. The third-order valence-electron chi connectivity index (χ3n) is 7.16. The van der Waals surface area contributed by atoms with Gasteiger partial charge < -0.3 is 19.9 Å². The molecule has 37 heavy (non-hydrogen) atoms. The summed E-state index contributed by atoms with van der Waals surface area (Å²) < 4.78 is 61.2. The van der Waals surface area contributed by atoms with E-state index in [1.807, 2.05) is 19.2 Å². The molecule has 0 bridgehead atoms. The van der Waals surface area contributed by atoms with Gasteiger partial charge in [-0.2, -0.15) is 18.3 Å². The van der Waals surface area contributed by atoms with Gasteiger partial charge in [-0.25, -0.2) is 14.4 Å². The minimum Gasteiger partial charge on any atom is -0.472 e. The molecule has 0 amide bonds. The fourth-order valence-corrected chi connectivity index (χ4v) is 5.12. The SMILES string of the molecule is CCNc1cc2c(cn1)c(N1CCN(C)CC1)nn2C1CCC(Oc2nccc(C(F)(F)F)c2F)CC1. The number of nitrogens with one attached hydrogen (secondary N) is 1. The Bertz CT molecular complexity index is 1230. The van der Waals surface area contributed by atoms with Crippen molar-refractivity contribution in [3.63, 3.8) is 0 Å². The van der Waals surface area contributed by atoms with Gasteiger partial charge in [0.25, 0.3) is 5.88 Å². The molecule has 0 atom stereocenters. The number of nitrogens with zero attached hydrogens (tertiary/aromatic N) is 6. The Kier molecular flexibility index (Phi) is 7.11.